The highest BCUT2D eigenvalue weighted by Crippen LogP contribution is 2.24. The van der Waals surface area contributed by atoms with Crippen LogP contribution in [0.15, 0.2) is 6.20 Å². The first kappa shape index (κ1) is 13.5. The molecule has 1 aliphatic heterocycles. The number of nitrogens with zero attached hydrogens (tertiary/aromatic N) is 3. The second-order valence-corrected chi connectivity index (χ2v) is 4.56. The summed E-state index contributed by atoms with van der Waals surface area (Å²) in [7, 11) is 0. The van der Waals surface area contributed by atoms with E-state index in [0.29, 0.717) is 38.4 Å². The van der Waals surface area contributed by atoms with Crippen molar-refractivity contribution in [1.82, 2.24) is 9.97 Å². The molecule has 104 valence electrons. The van der Waals surface area contributed by atoms with Gasteiger partial charge >= 0.3 is 0 Å². The number of amides is 1. The molecule has 2 heterocycles. The predicted molar refractivity (Wildman–Crippen MR) is 70.3 cm³/mol. The van der Waals surface area contributed by atoms with Crippen molar-refractivity contribution in [2.75, 3.05) is 29.9 Å². The Balaban J connectivity index is 2.10. The minimum atomic E-state index is -0.445. The van der Waals surface area contributed by atoms with Crippen LogP contribution in [0.4, 0.5) is 16.2 Å². The third-order valence-electron chi connectivity index (χ3n) is 3.26. The second-order valence-electron chi connectivity index (χ2n) is 4.56. The number of aromatic nitrogens is 2. The van der Waals surface area contributed by atoms with Gasteiger partial charge in [-0.3, -0.25) is 4.79 Å². The van der Waals surface area contributed by atoms with Gasteiger partial charge in [0.2, 0.25) is 11.9 Å². The van der Waals surface area contributed by atoms with Crippen LogP contribution < -0.4 is 16.0 Å². The number of nitrogens with two attached hydrogens (primary N) is 1. The average Bonchev–Trinajstić information content (AvgIpc) is 2.41. The number of hydrogen-bond acceptors (Lipinski definition) is 5. The molecule has 1 aromatic rings. The zero-order valence-electron chi connectivity index (χ0n) is 10.9. The van der Waals surface area contributed by atoms with Crippen molar-refractivity contribution >= 4 is 17.7 Å². The zero-order chi connectivity index (χ0) is 13.8. The van der Waals surface area contributed by atoms with E-state index in [1.807, 2.05) is 11.8 Å². The highest BCUT2D eigenvalue weighted by atomic mass is 19.1. The summed E-state index contributed by atoms with van der Waals surface area (Å²) in [5.41, 5.74) is 5.28. The van der Waals surface area contributed by atoms with Gasteiger partial charge in [-0.15, -0.1) is 0 Å². The van der Waals surface area contributed by atoms with Crippen molar-refractivity contribution in [1.29, 1.82) is 0 Å². The molecule has 1 fully saturated rings. The molecule has 7 heteroatoms. The molecule has 6 nitrogen and oxygen atoms in total. The van der Waals surface area contributed by atoms with Gasteiger partial charge in [0, 0.05) is 25.6 Å². The monoisotopic (exact) mass is 267 g/mol. The smallest absolute Gasteiger partial charge is 0.224 e. The Morgan fingerprint density at radius 1 is 1.58 bits per heavy atom. The Morgan fingerprint density at radius 2 is 2.26 bits per heavy atom. The quantitative estimate of drug-likeness (QED) is 0.841. The van der Waals surface area contributed by atoms with Crippen LogP contribution in [0.25, 0.3) is 0 Å². The molecule has 0 saturated carbocycles. The van der Waals surface area contributed by atoms with Gasteiger partial charge in [-0.2, -0.15) is 4.98 Å². The summed E-state index contributed by atoms with van der Waals surface area (Å²) >= 11 is 0. The lowest BCUT2D eigenvalue weighted by molar-refractivity contribution is -0.122. The number of halogens is 1. The highest BCUT2D eigenvalue weighted by molar-refractivity contribution is 5.77. The highest BCUT2D eigenvalue weighted by Gasteiger charge is 2.25. The first-order valence-electron chi connectivity index (χ1n) is 6.42. The summed E-state index contributed by atoms with van der Waals surface area (Å²) in [4.78, 5) is 21.0. The third-order valence-corrected chi connectivity index (χ3v) is 3.26. The van der Waals surface area contributed by atoms with Crippen molar-refractivity contribution in [3.63, 3.8) is 0 Å². The molecule has 0 spiro atoms. The molecular weight excluding hydrogens is 249 g/mol. The first-order valence-corrected chi connectivity index (χ1v) is 6.42. The van der Waals surface area contributed by atoms with Crippen molar-refractivity contribution in [2.24, 2.45) is 11.7 Å². The SMILES string of the molecule is CCNc1ncc(F)c(N2CCC(C(N)=O)CC2)n1. The van der Waals surface area contributed by atoms with Crippen molar-refractivity contribution in [3.8, 4) is 0 Å². The minimum absolute atomic E-state index is 0.116. The predicted octanol–water partition coefficient (Wildman–Crippen LogP) is 0.749. The van der Waals surface area contributed by atoms with E-state index in [0.717, 1.165) is 0 Å². The second kappa shape index (κ2) is 5.81. The Kier molecular flexibility index (Phi) is 4.13. The van der Waals surface area contributed by atoms with Gasteiger partial charge < -0.3 is 16.0 Å². The summed E-state index contributed by atoms with van der Waals surface area (Å²) in [6.45, 7) is 3.75. The van der Waals surface area contributed by atoms with E-state index >= 15 is 0 Å². The fourth-order valence-electron chi connectivity index (χ4n) is 2.20. The summed E-state index contributed by atoms with van der Waals surface area (Å²) in [6.07, 6.45) is 2.44. The molecule has 0 unspecified atom stereocenters. The summed E-state index contributed by atoms with van der Waals surface area (Å²) < 4.78 is 13.8. The standard InChI is InChI=1S/C12H18FN5O/c1-2-15-12-16-7-9(13)11(17-12)18-5-3-8(4-6-18)10(14)19/h7-8H,2-6H2,1H3,(H2,14,19)(H,15,16,17). The zero-order valence-corrected chi connectivity index (χ0v) is 10.9. The summed E-state index contributed by atoms with van der Waals surface area (Å²) in [5.74, 6) is -0.144. The van der Waals surface area contributed by atoms with Crippen LogP contribution in [-0.2, 0) is 4.79 Å². The maximum Gasteiger partial charge on any atom is 0.224 e. The number of hydrogen-bond donors (Lipinski definition) is 2. The van der Waals surface area contributed by atoms with Gasteiger partial charge in [0.1, 0.15) is 0 Å². The maximum absolute atomic E-state index is 13.8. The molecule has 2 rings (SSSR count). The molecule has 0 atom stereocenters. The number of primary amides is 1. The Labute approximate surface area is 111 Å². The molecule has 3 N–H and O–H groups in total. The van der Waals surface area contributed by atoms with Crippen molar-refractivity contribution in [3.05, 3.63) is 12.0 Å². The van der Waals surface area contributed by atoms with Crippen LogP contribution in [0.1, 0.15) is 19.8 Å². The van der Waals surface area contributed by atoms with Crippen LogP contribution in [0.2, 0.25) is 0 Å². The Bertz CT molecular complexity index is 459. The minimum Gasteiger partial charge on any atom is -0.369 e. The molecule has 1 saturated heterocycles. The van der Waals surface area contributed by atoms with Gasteiger partial charge in [-0.25, -0.2) is 9.37 Å². The van der Waals surface area contributed by atoms with Crippen LogP contribution in [0.5, 0.6) is 0 Å². The molecular formula is C12H18FN5O. The Hall–Kier alpha value is -1.92. The fraction of sp³-hybridized carbons (Fsp3) is 0.583. The summed E-state index contributed by atoms with van der Waals surface area (Å²) in [5, 5.41) is 2.95. The number of rotatable bonds is 4. The molecule has 1 amide bonds. The molecule has 0 aromatic carbocycles. The molecule has 1 aliphatic rings. The van der Waals surface area contributed by atoms with Crippen molar-refractivity contribution < 1.29 is 9.18 Å². The van der Waals surface area contributed by atoms with E-state index in [2.05, 4.69) is 15.3 Å². The fourth-order valence-corrected chi connectivity index (χ4v) is 2.20. The third kappa shape index (κ3) is 3.10. The molecule has 0 aliphatic carbocycles. The van der Waals surface area contributed by atoms with Crippen molar-refractivity contribution in [2.45, 2.75) is 19.8 Å². The lowest BCUT2D eigenvalue weighted by Crippen LogP contribution is -2.39. The largest absolute Gasteiger partial charge is 0.369 e. The van der Waals surface area contributed by atoms with Gasteiger partial charge in [-0.05, 0) is 19.8 Å². The number of carbonyl (C=O) groups is 1. The lowest BCUT2D eigenvalue weighted by Gasteiger charge is -2.31. The summed E-state index contributed by atoms with van der Waals surface area (Å²) in [6, 6.07) is 0. The van der Waals surface area contributed by atoms with E-state index in [1.165, 1.54) is 6.20 Å². The van der Waals surface area contributed by atoms with Crippen LogP contribution in [0.3, 0.4) is 0 Å². The van der Waals surface area contributed by atoms with Crippen LogP contribution in [-0.4, -0.2) is 35.5 Å². The van der Waals surface area contributed by atoms with Gasteiger partial charge in [-0.1, -0.05) is 0 Å². The average molecular weight is 267 g/mol. The van der Waals surface area contributed by atoms with E-state index in [4.69, 9.17) is 5.73 Å². The number of anilines is 2. The van der Waals surface area contributed by atoms with Crippen LogP contribution >= 0.6 is 0 Å². The number of nitrogens with one attached hydrogen (secondary N) is 1. The van der Waals surface area contributed by atoms with E-state index in [1.54, 1.807) is 0 Å². The van der Waals surface area contributed by atoms with E-state index in [9.17, 15) is 9.18 Å². The molecule has 0 radical (unpaired) electrons. The lowest BCUT2D eigenvalue weighted by atomic mass is 9.96. The Morgan fingerprint density at radius 3 is 2.84 bits per heavy atom. The van der Waals surface area contributed by atoms with Crippen LogP contribution in [0, 0.1) is 11.7 Å². The number of carbonyl (C=O) groups excluding carboxylic acids is 1. The van der Waals surface area contributed by atoms with Gasteiger partial charge in [0.05, 0.1) is 6.20 Å². The molecule has 19 heavy (non-hydrogen) atoms. The number of piperidine rings is 1. The van der Waals surface area contributed by atoms with Gasteiger partial charge in [0.15, 0.2) is 11.6 Å². The molecule has 1 aromatic heterocycles. The van der Waals surface area contributed by atoms with Gasteiger partial charge in [0.25, 0.3) is 0 Å². The maximum atomic E-state index is 13.8. The molecule has 0 bridgehead atoms. The normalized spacial score (nSPS) is 16.4. The van der Waals surface area contributed by atoms with E-state index < -0.39 is 5.82 Å². The topological polar surface area (TPSA) is 84.1 Å². The van der Waals surface area contributed by atoms with E-state index in [-0.39, 0.29) is 17.6 Å². The first-order chi connectivity index (χ1) is 9.11.